The zero-order valence-corrected chi connectivity index (χ0v) is 16.9. The molecular weight excluding hydrogens is 428 g/mol. The summed E-state index contributed by atoms with van der Waals surface area (Å²) >= 11 is 0. The van der Waals surface area contributed by atoms with Crippen molar-refractivity contribution in [2.24, 2.45) is 11.8 Å². The minimum absolute atomic E-state index is 0.0431. The van der Waals surface area contributed by atoms with Crippen molar-refractivity contribution in [3.63, 3.8) is 0 Å². The highest BCUT2D eigenvalue weighted by atomic mass is 16.6. The van der Waals surface area contributed by atoms with Crippen LogP contribution in [0.5, 0.6) is 0 Å². The first-order valence-corrected chi connectivity index (χ1v) is 10.5. The van der Waals surface area contributed by atoms with E-state index in [1.54, 1.807) is 0 Å². The maximum Gasteiger partial charge on any atom is 0.325 e. The molecule has 0 radical (unpaired) electrons. The van der Waals surface area contributed by atoms with Crippen molar-refractivity contribution < 1.29 is 39.5 Å². The summed E-state index contributed by atoms with van der Waals surface area (Å²) in [4.78, 5) is 28.4. The lowest BCUT2D eigenvalue weighted by atomic mass is 9.60. The highest BCUT2D eigenvalue weighted by molar-refractivity contribution is 6.08. The SMILES string of the molecule is N=C1NC(=O)N([C@H]2C[C@H](O)[C@@H](CO)O2)C2C1C1C(=N)NC(=O)N([C@H]3C[C@H](O)[C@@H](CO)O3)C12. The normalized spacial score (nSPS) is 45.9. The molecule has 176 valence electrons. The molecule has 4 aliphatic heterocycles. The second kappa shape index (κ2) is 7.60. The van der Waals surface area contributed by atoms with E-state index >= 15 is 0 Å². The fraction of sp³-hybridized carbons (Fsp3) is 0.778. The number of hydrogen-bond acceptors (Lipinski definition) is 10. The predicted molar refractivity (Wildman–Crippen MR) is 103 cm³/mol. The van der Waals surface area contributed by atoms with E-state index in [0.717, 1.165) is 0 Å². The molecule has 10 atom stereocenters. The molecule has 1 aliphatic carbocycles. The van der Waals surface area contributed by atoms with Gasteiger partial charge in [-0.05, 0) is 0 Å². The number of aliphatic hydroxyl groups is 4. The first kappa shape index (κ1) is 21.5. The summed E-state index contributed by atoms with van der Waals surface area (Å²) in [6.45, 7) is -0.864. The smallest absolute Gasteiger partial charge is 0.325 e. The molecule has 14 nitrogen and oxygen atoms in total. The standard InChI is InChI=1S/C18H26N6O8/c19-15-11-12-14(13(11)23(17(29)21-15)9-1-5(27)7(3-25)31-9)24(18(30)22-16(12)20)10-2-6(28)8(4-26)32-10/h5-14,25-28H,1-4H2,(H2,19,21,29)(H2,20,22,30)/t5-,6-,7+,8+,9+,10+,11?,12?,13?,14?/m0/s1. The lowest BCUT2D eigenvalue weighted by Crippen LogP contribution is -2.84. The Morgan fingerprint density at radius 1 is 0.812 bits per heavy atom. The van der Waals surface area contributed by atoms with Crippen LogP contribution in [0.3, 0.4) is 0 Å². The summed E-state index contributed by atoms with van der Waals surface area (Å²) in [6.07, 6.45) is -5.43. The number of amidine groups is 2. The van der Waals surface area contributed by atoms with Crippen LogP contribution < -0.4 is 10.6 Å². The number of rotatable bonds is 4. The van der Waals surface area contributed by atoms with Gasteiger partial charge in [-0.25, -0.2) is 9.59 Å². The largest absolute Gasteiger partial charge is 0.394 e. The fourth-order valence-electron chi connectivity index (χ4n) is 5.62. The Kier molecular flexibility index (Phi) is 5.11. The Balaban J connectivity index is 1.48. The monoisotopic (exact) mass is 454 g/mol. The molecule has 4 saturated heterocycles. The van der Waals surface area contributed by atoms with Crippen LogP contribution in [0.1, 0.15) is 12.8 Å². The molecule has 0 bridgehead atoms. The molecule has 4 heterocycles. The molecule has 4 unspecified atom stereocenters. The molecule has 0 spiro atoms. The minimum Gasteiger partial charge on any atom is -0.394 e. The third-order valence-electron chi connectivity index (χ3n) is 7.12. The average molecular weight is 454 g/mol. The highest BCUT2D eigenvalue weighted by Gasteiger charge is 2.68. The van der Waals surface area contributed by atoms with Crippen molar-refractivity contribution in [1.82, 2.24) is 20.4 Å². The van der Waals surface area contributed by atoms with Gasteiger partial charge in [0.15, 0.2) is 0 Å². The van der Waals surface area contributed by atoms with Gasteiger partial charge in [-0.3, -0.25) is 31.3 Å². The van der Waals surface area contributed by atoms with Crippen LogP contribution in [0.2, 0.25) is 0 Å². The second-order valence-corrected chi connectivity index (χ2v) is 8.76. The summed E-state index contributed by atoms with van der Waals surface area (Å²) in [5.41, 5.74) is 0. The van der Waals surface area contributed by atoms with Crippen molar-refractivity contribution in [1.29, 1.82) is 10.8 Å². The summed E-state index contributed by atoms with van der Waals surface area (Å²) < 4.78 is 11.4. The van der Waals surface area contributed by atoms with Gasteiger partial charge in [0.05, 0.1) is 49.3 Å². The number of carbonyl (C=O) groups excluding carboxylic acids is 2. The summed E-state index contributed by atoms with van der Waals surface area (Å²) in [5, 5.41) is 60.7. The summed E-state index contributed by atoms with van der Waals surface area (Å²) in [5.74, 6) is -1.42. The van der Waals surface area contributed by atoms with Crippen LogP contribution >= 0.6 is 0 Å². The molecule has 4 amide bonds. The maximum absolute atomic E-state index is 12.9. The van der Waals surface area contributed by atoms with E-state index in [9.17, 15) is 30.0 Å². The Morgan fingerprint density at radius 2 is 1.19 bits per heavy atom. The average Bonchev–Trinajstić information content (AvgIpc) is 3.27. The van der Waals surface area contributed by atoms with E-state index < -0.39 is 86.1 Å². The van der Waals surface area contributed by atoms with Crippen molar-refractivity contribution in [3.05, 3.63) is 0 Å². The Morgan fingerprint density at radius 3 is 1.50 bits per heavy atom. The molecule has 5 rings (SSSR count). The number of nitrogens with one attached hydrogen (secondary N) is 4. The van der Waals surface area contributed by atoms with Crippen molar-refractivity contribution in [3.8, 4) is 0 Å². The van der Waals surface area contributed by atoms with Gasteiger partial charge in [-0.1, -0.05) is 0 Å². The molecule has 5 fully saturated rings. The van der Waals surface area contributed by atoms with Gasteiger partial charge in [-0.15, -0.1) is 0 Å². The number of ether oxygens (including phenoxy) is 2. The second-order valence-electron chi connectivity index (χ2n) is 8.76. The molecule has 1 saturated carbocycles. The van der Waals surface area contributed by atoms with Crippen LogP contribution in [0.15, 0.2) is 0 Å². The van der Waals surface area contributed by atoms with E-state index in [0.29, 0.717) is 0 Å². The number of carbonyl (C=O) groups is 2. The van der Waals surface area contributed by atoms with E-state index in [1.165, 1.54) is 9.80 Å². The third kappa shape index (κ3) is 2.94. The topological polar surface area (TPSA) is 212 Å². The van der Waals surface area contributed by atoms with Crippen LogP contribution in [-0.4, -0.2) is 116 Å². The molecule has 0 aromatic carbocycles. The first-order chi connectivity index (χ1) is 15.3. The Bertz CT molecular complexity index is 789. The highest BCUT2D eigenvalue weighted by Crippen LogP contribution is 2.49. The van der Waals surface area contributed by atoms with Crippen LogP contribution in [0.25, 0.3) is 0 Å². The minimum atomic E-state index is -0.990. The molecular formula is C18H26N6O8. The van der Waals surface area contributed by atoms with Gasteiger partial charge in [-0.2, -0.15) is 0 Å². The zero-order chi connectivity index (χ0) is 22.9. The van der Waals surface area contributed by atoms with Gasteiger partial charge in [0.2, 0.25) is 0 Å². The number of fused-ring (bicyclic) bond motifs is 4. The lowest BCUT2D eigenvalue weighted by molar-refractivity contribution is -0.147. The number of aliphatic hydroxyl groups excluding tert-OH is 4. The first-order valence-electron chi connectivity index (χ1n) is 10.5. The van der Waals surface area contributed by atoms with E-state index in [1.807, 2.05) is 0 Å². The lowest BCUT2D eigenvalue weighted by Gasteiger charge is -2.63. The third-order valence-corrected chi connectivity index (χ3v) is 7.12. The molecule has 8 N–H and O–H groups in total. The van der Waals surface area contributed by atoms with Crippen molar-refractivity contribution in [2.75, 3.05) is 13.2 Å². The fourth-order valence-corrected chi connectivity index (χ4v) is 5.62. The van der Waals surface area contributed by atoms with Crippen LogP contribution in [0.4, 0.5) is 9.59 Å². The van der Waals surface area contributed by atoms with Gasteiger partial charge < -0.3 is 29.9 Å². The summed E-state index contributed by atoms with van der Waals surface area (Å²) in [6, 6.07) is -2.75. The summed E-state index contributed by atoms with van der Waals surface area (Å²) in [7, 11) is 0. The van der Waals surface area contributed by atoms with Gasteiger partial charge in [0.25, 0.3) is 0 Å². The molecule has 32 heavy (non-hydrogen) atoms. The Hall–Kier alpha value is -2.36. The molecule has 0 aromatic rings. The van der Waals surface area contributed by atoms with Crippen molar-refractivity contribution >= 4 is 23.7 Å². The number of nitrogens with zero attached hydrogens (tertiary/aromatic N) is 2. The van der Waals surface area contributed by atoms with Crippen molar-refractivity contribution in [2.45, 2.75) is 61.8 Å². The van der Waals surface area contributed by atoms with E-state index in [-0.39, 0.29) is 24.5 Å². The van der Waals surface area contributed by atoms with Gasteiger partial charge >= 0.3 is 12.1 Å². The van der Waals surface area contributed by atoms with E-state index in [2.05, 4.69) is 10.6 Å². The molecule has 0 aromatic heterocycles. The number of amides is 4. The predicted octanol–water partition coefficient (Wildman–Crippen LogP) is -3.09. The zero-order valence-electron chi connectivity index (χ0n) is 16.9. The number of hydrogen-bond donors (Lipinski definition) is 8. The quantitative estimate of drug-likeness (QED) is 0.217. The van der Waals surface area contributed by atoms with E-state index in [4.69, 9.17) is 20.3 Å². The van der Waals surface area contributed by atoms with Gasteiger partial charge in [0, 0.05) is 12.8 Å². The van der Waals surface area contributed by atoms with Crippen LogP contribution in [0, 0.1) is 22.7 Å². The number of urea groups is 2. The Labute approximate surface area is 182 Å². The molecule has 14 heteroatoms. The van der Waals surface area contributed by atoms with Crippen LogP contribution in [-0.2, 0) is 9.47 Å². The van der Waals surface area contributed by atoms with Gasteiger partial charge in [0.1, 0.15) is 36.3 Å². The maximum atomic E-state index is 12.9. The molecule has 5 aliphatic rings.